The lowest BCUT2D eigenvalue weighted by Gasteiger charge is -2.32. The smallest absolute Gasteiger partial charge is 0.231 e. The van der Waals surface area contributed by atoms with Gasteiger partial charge < -0.3 is 15.5 Å². The molecule has 2 fully saturated rings. The van der Waals surface area contributed by atoms with E-state index in [-0.39, 0.29) is 11.3 Å². The van der Waals surface area contributed by atoms with Crippen LogP contribution in [0.1, 0.15) is 32.6 Å². The first-order valence-corrected chi connectivity index (χ1v) is 8.05. The Kier molecular flexibility index (Phi) is 4.15. The third-order valence-corrected chi connectivity index (χ3v) is 4.74. The normalized spacial score (nSPS) is 25.9. The minimum absolute atomic E-state index is 0.128. The maximum absolute atomic E-state index is 12.5. The van der Waals surface area contributed by atoms with Gasteiger partial charge in [-0.2, -0.15) is 0 Å². The molecule has 1 atom stereocenters. The van der Waals surface area contributed by atoms with E-state index >= 15 is 0 Å². The number of hydrogen-bond acceptors (Lipinski definition) is 3. The third-order valence-electron chi connectivity index (χ3n) is 4.74. The summed E-state index contributed by atoms with van der Waals surface area (Å²) < 4.78 is 0. The quantitative estimate of drug-likeness (QED) is 0.898. The van der Waals surface area contributed by atoms with Crippen molar-refractivity contribution in [3.05, 3.63) is 24.3 Å². The molecule has 1 aromatic rings. The second-order valence-electron chi connectivity index (χ2n) is 6.54. The Hall–Kier alpha value is -1.55. The SMILES string of the molecule is CC1(C(=O)Nc2ccc(N3CCCC3)cc2)CCCNC1. The topological polar surface area (TPSA) is 44.4 Å². The van der Waals surface area contributed by atoms with E-state index in [1.165, 1.54) is 18.5 Å². The van der Waals surface area contributed by atoms with Gasteiger partial charge in [0.2, 0.25) is 5.91 Å². The Labute approximate surface area is 126 Å². The lowest BCUT2D eigenvalue weighted by atomic mass is 9.82. The Bertz CT molecular complexity index is 485. The Balaban J connectivity index is 1.63. The van der Waals surface area contributed by atoms with E-state index in [9.17, 15) is 4.79 Å². The summed E-state index contributed by atoms with van der Waals surface area (Å²) in [5.41, 5.74) is 1.87. The highest BCUT2D eigenvalue weighted by atomic mass is 16.2. The number of carbonyl (C=O) groups excluding carboxylic acids is 1. The Morgan fingerprint density at radius 3 is 2.52 bits per heavy atom. The van der Waals surface area contributed by atoms with E-state index in [0.29, 0.717) is 0 Å². The highest BCUT2D eigenvalue weighted by Crippen LogP contribution is 2.28. The largest absolute Gasteiger partial charge is 0.372 e. The molecule has 2 N–H and O–H groups in total. The number of nitrogens with one attached hydrogen (secondary N) is 2. The predicted molar refractivity (Wildman–Crippen MR) is 86.7 cm³/mol. The number of amides is 1. The first-order chi connectivity index (χ1) is 10.2. The molecule has 0 spiro atoms. The van der Waals surface area contributed by atoms with E-state index < -0.39 is 0 Å². The Morgan fingerprint density at radius 1 is 1.19 bits per heavy atom. The fourth-order valence-electron chi connectivity index (χ4n) is 3.26. The first kappa shape index (κ1) is 14.4. The maximum atomic E-state index is 12.5. The van der Waals surface area contributed by atoms with Gasteiger partial charge in [0.05, 0.1) is 5.41 Å². The van der Waals surface area contributed by atoms with Gasteiger partial charge in [-0.3, -0.25) is 4.79 Å². The van der Waals surface area contributed by atoms with Crippen LogP contribution in [0.25, 0.3) is 0 Å². The average Bonchev–Trinajstić information content (AvgIpc) is 3.03. The fraction of sp³-hybridized carbons (Fsp3) is 0.588. The molecule has 2 saturated heterocycles. The van der Waals surface area contributed by atoms with Crippen LogP contribution in [0.4, 0.5) is 11.4 Å². The van der Waals surface area contributed by atoms with E-state index in [0.717, 1.165) is 44.7 Å². The van der Waals surface area contributed by atoms with Gasteiger partial charge in [0.15, 0.2) is 0 Å². The minimum Gasteiger partial charge on any atom is -0.372 e. The van der Waals surface area contributed by atoms with Gasteiger partial charge in [-0.05, 0) is 63.4 Å². The van der Waals surface area contributed by atoms with Crippen molar-refractivity contribution < 1.29 is 4.79 Å². The van der Waals surface area contributed by atoms with Crippen molar-refractivity contribution in [1.82, 2.24) is 5.32 Å². The summed E-state index contributed by atoms with van der Waals surface area (Å²) in [6, 6.07) is 8.26. The van der Waals surface area contributed by atoms with E-state index in [4.69, 9.17) is 0 Å². The third kappa shape index (κ3) is 3.21. The van der Waals surface area contributed by atoms with Gasteiger partial charge in [0.25, 0.3) is 0 Å². The van der Waals surface area contributed by atoms with Gasteiger partial charge in [-0.25, -0.2) is 0 Å². The number of benzene rings is 1. The Morgan fingerprint density at radius 2 is 1.90 bits per heavy atom. The molecule has 2 aliphatic rings. The van der Waals surface area contributed by atoms with E-state index in [1.54, 1.807) is 0 Å². The fourth-order valence-corrected chi connectivity index (χ4v) is 3.26. The minimum atomic E-state index is -0.286. The van der Waals surface area contributed by atoms with Crippen molar-refractivity contribution in [2.75, 3.05) is 36.4 Å². The second kappa shape index (κ2) is 6.06. The van der Waals surface area contributed by atoms with Gasteiger partial charge >= 0.3 is 0 Å². The zero-order valence-electron chi connectivity index (χ0n) is 12.8. The zero-order valence-corrected chi connectivity index (χ0v) is 12.8. The number of anilines is 2. The number of carbonyl (C=O) groups is 1. The molecule has 0 saturated carbocycles. The molecular weight excluding hydrogens is 262 g/mol. The van der Waals surface area contributed by atoms with Crippen molar-refractivity contribution in [3.63, 3.8) is 0 Å². The summed E-state index contributed by atoms with van der Waals surface area (Å²) in [6.45, 7) is 6.14. The average molecular weight is 287 g/mol. The molecular formula is C17H25N3O. The number of nitrogens with zero attached hydrogens (tertiary/aromatic N) is 1. The number of piperidine rings is 1. The molecule has 0 bridgehead atoms. The molecule has 0 aliphatic carbocycles. The van der Waals surface area contributed by atoms with Crippen LogP contribution >= 0.6 is 0 Å². The van der Waals surface area contributed by atoms with Crippen LogP contribution < -0.4 is 15.5 Å². The zero-order chi connectivity index (χ0) is 14.7. The van der Waals surface area contributed by atoms with Crippen LogP contribution in [-0.4, -0.2) is 32.1 Å². The highest BCUT2D eigenvalue weighted by molar-refractivity contribution is 5.95. The van der Waals surface area contributed by atoms with Crippen molar-refractivity contribution >= 4 is 17.3 Å². The lowest BCUT2D eigenvalue weighted by Crippen LogP contribution is -2.46. The molecule has 4 nitrogen and oxygen atoms in total. The summed E-state index contributed by atoms with van der Waals surface area (Å²) >= 11 is 0. The van der Waals surface area contributed by atoms with Crippen molar-refractivity contribution in [2.45, 2.75) is 32.6 Å². The molecule has 3 rings (SSSR count). The summed E-state index contributed by atoms with van der Waals surface area (Å²) in [7, 11) is 0. The maximum Gasteiger partial charge on any atom is 0.231 e. The molecule has 1 unspecified atom stereocenters. The molecule has 1 aromatic carbocycles. The predicted octanol–water partition coefficient (Wildman–Crippen LogP) is 2.62. The van der Waals surface area contributed by atoms with Crippen LogP contribution in [0, 0.1) is 5.41 Å². The molecule has 1 amide bonds. The number of hydrogen-bond donors (Lipinski definition) is 2. The molecule has 114 valence electrons. The van der Waals surface area contributed by atoms with Gasteiger partial charge in [-0.1, -0.05) is 0 Å². The summed E-state index contributed by atoms with van der Waals surface area (Å²) in [5, 5.41) is 6.39. The van der Waals surface area contributed by atoms with Crippen molar-refractivity contribution in [1.29, 1.82) is 0 Å². The molecule has 0 radical (unpaired) electrons. The van der Waals surface area contributed by atoms with Gasteiger partial charge in [-0.15, -0.1) is 0 Å². The van der Waals surface area contributed by atoms with Gasteiger partial charge in [0.1, 0.15) is 0 Å². The molecule has 2 heterocycles. The summed E-state index contributed by atoms with van der Waals surface area (Å²) in [5.74, 6) is 0.128. The van der Waals surface area contributed by atoms with E-state index in [2.05, 4.69) is 27.7 Å². The van der Waals surface area contributed by atoms with Crippen LogP contribution in [0.5, 0.6) is 0 Å². The summed E-state index contributed by atoms with van der Waals surface area (Å²) in [6.07, 6.45) is 4.59. The lowest BCUT2D eigenvalue weighted by molar-refractivity contribution is -0.125. The molecule has 0 aromatic heterocycles. The van der Waals surface area contributed by atoms with Crippen molar-refractivity contribution in [2.24, 2.45) is 5.41 Å². The molecule has 4 heteroatoms. The van der Waals surface area contributed by atoms with E-state index in [1.807, 2.05) is 19.1 Å². The summed E-state index contributed by atoms with van der Waals surface area (Å²) in [4.78, 5) is 14.9. The van der Waals surface area contributed by atoms with Gasteiger partial charge in [0, 0.05) is 31.0 Å². The monoisotopic (exact) mass is 287 g/mol. The number of rotatable bonds is 3. The van der Waals surface area contributed by atoms with Crippen LogP contribution in [-0.2, 0) is 4.79 Å². The van der Waals surface area contributed by atoms with Crippen LogP contribution in [0.15, 0.2) is 24.3 Å². The van der Waals surface area contributed by atoms with Crippen molar-refractivity contribution in [3.8, 4) is 0 Å². The highest BCUT2D eigenvalue weighted by Gasteiger charge is 2.34. The molecule has 2 aliphatic heterocycles. The standard InChI is InChI=1S/C17H25N3O/c1-17(9-4-10-18-13-17)16(21)19-14-5-7-15(8-6-14)20-11-2-3-12-20/h5-8,18H,2-4,9-13H2,1H3,(H,19,21). The second-order valence-corrected chi connectivity index (χ2v) is 6.54. The molecule has 21 heavy (non-hydrogen) atoms. The first-order valence-electron chi connectivity index (χ1n) is 8.05. The van der Waals surface area contributed by atoms with Crippen LogP contribution in [0.2, 0.25) is 0 Å². The van der Waals surface area contributed by atoms with Crippen LogP contribution in [0.3, 0.4) is 0 Å².